The third-order valence-corrected chi connectivity index (χ3v) is 6.60. The number of halogens is 1. The molecule has 1 aliphatic rings. The first-order valence-corrected chi connectivity index (χ1v) is 10.4. The molecule has 1 fully saturated rings. The predicted molar refractivity (Wildman–Crippen MR) is 96.8 cm³/mol. The molecule has 1 aromatic carbocycles. The van der Waals surface area contributed by atoms with Gasteiger partial charge in [0, 0.05) is 11.1 Å². The maximum Gasteiger partial charge on any atom is 0.235 e. The zero-order valence-corrected chi connectivity index (χ0v) is 16.1. The predicted octanol–water partition coefficient (Wildman–Crippen LogP) is 3.83. The van der Waals surface area contributed by atoms with Crippen LogP contribution in [0, 0.1) is 11.3 Å². The maximum atomic E-state index is 12.4. The number of hydrogen-bond acceptors (Lipinski definition) is 3. The van der Waals surface area contributed by atoms with Crippen LogP contribution in [-0.4, -0.2) is 26.1 Å². The minimum Gasteiger partial charge on any atom is -0.352 e. The Morgan fingerprint density at radius 1 is 1.17 bits per heavy atom. The molecule has 0 spiro atoms. The summed E-state index contributed by atoms with van der Waals surface area (Å²) in [6, 6.07) is 5.95. The van der Waals surface area contributed by atoms with E-state index in [1.54, 1.807) is 0 Å². The lowest BCUT2D eigenvalue weighted by atomic mass is 9.69. The average molecular weight is 372 g/mol. The lowest BCUT2D eigenvalue weighted by Crippen LogP contribution is -2.48. The molecule has 0 bridgehead atoms. The van der Waals surface area contributed by atoms with Crippen molar-refractivity contribution >= 4 is 27.3 Å². The SMILES string of the molecule is CC(C)(C)C1CCCCC1NC(=O)CS(=O)(=O)c1ccc(Cl)cc1. The van der Waals surface area contributed by atoms with E-state index >= 15 is 0 Å². The van der Waals surface area contributed by atoms with Crippen LogP contribution in [-0.2, 0) is 14.6 Å². The van der Waals surface area contributed by atoms with Gasteiger partial charge in [-0.1, -0.05) is 45.2 Å². The van der Waals surface area contributed by atoms with E-state index in [4.69, 9.17) is 11.6 Å². The fraction of sp³-hybridized carbons (Fsp3) is 0.611. The zero-order chi connectivity index (χ0) is 18.0. The molecule has 1 amide bonds. The van der Waals surface area contributed by atoms with E-state index in [0.29, 0.717) is 10.9 Å². The van der Waals surface area contributed by atoms with Gasteiger partial charge < -0.3 is 5.32 Å². The standard InChI is InChI=1S/C18H26ClNO3S/c1-18(2,3)15-6-4-5-7-16(15)20-17(21)12-24(22,23)14-10-8-13(19)9-11-14/h8-11,15-16H,4-7,12H2,1-3H3,(H,20,21). The zero-order valence-electron chi connectivity index (χ0n) is 14.5. The monoisotopic (exact) mass is 371 g/mol. The van der Waals surface area contributed by atoms with Gasteiger partial charge in [-0.15, -0.1) is 0 Å². The van der Waals surface area contributed by atoms with Gasteiger partial charge >= 0.3 is 0 Å². The van der Waals surface area contributed by atoms with Crippen LogP contribution < -0.4 is 5.32 Å². The van der Waals surface area contributed by atoms with Crippen LogP contribution in [0.1, 0.15) is 46.5 Å². The summed E-state index contributed by atoms with van der Waals surface area (Å²) in [5.74, 6) is -0.582. The summed E-state index contributed by atoms with van der Waals surface area (Å²) in [7, 11) is -3.65. The molecule has 0 saturated heterocycles. The molecule has 1 aromatic rings. The van der Waals surface area contributed by atoms with Crippen LogP contribution in [0.2, 0.25) is 5.02 Å². The van der Waals surface area contributed by atoms with Gasteiger partial charge in [-0.2, -0.15) is 0 Å². The van der Waals surface area contributed by atoms with Crippen molar-refractivity contribution in [1.82, 2.24) is 5.32 Å². The van der Waals surface area contributed by atoms with Crippen molar-refractivity contribution in [3.05, 3.63) is 29.3 Å². The van der Waals surface area contributed by atoms with Crippen LogP contribution in [0.5, 0.6) is 0 Å². The van der Waals surface area contributed by atoms with E-state index in [2.05, 4.69) is 26.1 Å². The van der Waals surface area contributed by atoms with Crippen molar-refractivity contribution in [1.29, 1.82) is 0 Å². The van der Waals surface area contributed by atoms with Gasteiger partial charge in [0.05, 0.1) is 4.90 Å². The Kier molecular flexibility index (Phi) is 5.97. The van der Waals surface area contributed by atoms with Crippen molar-refractivity contribution in [3.8, 4) is 0 Å². The molecule has 0 heterocycles. The van der Waals surface area contributed by atoms with E-state index in [1.165, 1.54) is 24.3 Å². The molecule has 1 aliphatic carbocycles. The second-order valence-corrected chi connectivity index (χ2v) is 10.1. The Morgan fingerprint density at radius 3 is 2.33 bits per heavy atom. The summed E-state index contributed by atoms with van der Waals surface area (Å²) in [4.78, 5) is 12.4. The van der Waals surface area contributed by atoms with Crippen LogP contribution in [0.4, 0.5) is 0 Å². The third-order valence-electron chi connectivity index (χ3n) is 4.72. The molecular formula is C18H26ClNO3S. The maximum absolute atomic E-state index is 12.4. The van der Waals surface area contributed by atoms with Crippen LogP contribution in [0.25, 0.3) is 0 Å². The van der Waals surface area contributed by atoms with Gasteiger partial charge in [0.2, 0.25) is 5.91 Å². The number of nitrogens with one attached hydrogen (secondary N) is 1. The van der Waals surface area contributed by atoms with Gasteiger partial charge in [-0.05, 0) is 48.4 Å². The highest BCUT2D eigenvalue weighted by atomic mass is 35.5. The number of rotatable bonds is 4. The summed E-state index contributed by atoms with van der Waals surface area (Å²) in [6.07, 6.45) is 4.21. The quantitative estimate of drug-likeness (QED) is 0.874. The molecule has 4 nitrogen and oxygen atoms in total. The minimum absolute atomic E-state index is 0.0478. The molecule has 24 heavy (non-hydrogen) atoms. The Balaban J connectivity index is 2.05. The van der Waals surface area contributed by atoms with Gasteiger partial charge in [0.25, 0.3) is 0 Å². The Morgan fingerprint density at radius 2 is 1.75 bits per heavy atom. The van der Waals surface area contributed by atoms with Gasteiger partial charge in [-0.3, -0.25) is 4.79 Å². The van der Waals surface area contributed by atoms with Crippen LogP contribution in [0.15, 0.2) is 29.2 Å². The Labute approximate surface area is 149 Å². The molecular weight excluding hydrogens is 346 g/mol. The smallest absolute Gasteiger partial charge is 0.235 e. The highest BCUT2D eigenvalue weighted by Crippen LogP contribution is 2.38. The number of benzene rings is 1. The van der Waals surface area contributed by atoms with Crippen LogP contribution in [0.3, 0.4) is 0 Å². The number of hydrogen-bond donors (Lipinski definition) is 1. The van der Waals surface area contributed by atoms with Gasteiger partial charge in [0.1, 0.15) is 5.75 Å². The molecule has 2 rings (SSSR count). The molecule has 0 aromatic heterocycles. The van der Waals surface area contributed by atoms with E-state index < -0.39 is 21.5 Å². The van der Waals surface area contributed by atoms with Crippen molar-refractivity contribution in [2.75, 3.05) is 5.75 Å². The summed E-state index contributed by atoms with van der Waals surface area (Å²) < 4.78 is 24.7. The number of sulfone groups is 1. The third kappa shape index (κ3) is 4.96. The number of carbonyl (C=O) groups excluding carboxylic acids is 1. The largest absolute Gasteiger partial charge is 0.352 e. The normalized spacial score (nSPS) is 22.2. The first-order valence-electron chi connectivity index (χ1n) is 8.37. The first-order chi connectivity index (χ1) is 11.1. The van der Waals surface area contributed by atoms with Crippen molar-refractivity contribution in [3.63, 3.8) is 0 Å². The van der Waals surface area contributed by atoms with Gasteiger partial charge in [0.15, 0.2) is 9.84 Å². The molecule has 2 unspecified atom stereocenters. The van der Waals surface area contributed by atoms with E-state index in [0.717, 1.165) is 25.7 Å². The molecule has 0 aliphatic heterocycles. The molecule has 6 heteroatoms. The topological polar surface area (TPSA) is 63.2 Å². The summed E-state index contributed by atoms with van der Waals surface area (Å²) in [5.41, 5.74) is 0.0907. The Hall–Kier alpha value is -1.07. The second kappa shape index (κ2) is 7.44. The molecule has 134 valence electrons. The summed E-state index contributed by atoms with van der Waals surface area (Å²) >= 11 is 5.78. The summed E-state index contributed by atoms with van der Waals surface area (Å²) in [5, 5.41) is 3.43. The van der Waals surface area contributed by atoms with Crippen molar-refractivity contribution < 1.29 is 13.2 Å². The lowest BCUT2D eigenvalue weighted by molar-refractivity contribution is -0.120. The molecule has 1 saturated carbocycles. The van der Waals surface area contributed by atoms with E-state index in [-0.39, 0.29) is 16.4 Å². The molecule has 2 atom stereocenters. The highest BCUT2D eigenvalue weighted by Gasteiger charge is 2.35. The van der Waals surface area contributed by atoms with Crippen molar-refractivity contribution in [2.45, 2.75) is 57.4 Å². The van der Waals surface area contributed by atoms with E-state index in [1.807, 2.05) is 0 Å². The number of carbonyl (C=O) groups is 1. The molecule has 0 radical (unpaired) electrons. The number of amides is 1. The fourth-order valence-corrected chi connectivity index (χ4v) is 4.76. The first kappa shape index (κ1) is 19.3. The highest BCUT2D eigenvalue weighted by molar-refractivity contribution is 7.92. The Bertz CT molecular complexity index is 677. The lowest BCUT2D eigenvalue weighted by Gasteiger charge is -2.40. The summed E-state index contributed by atoms with van der Waals surface area (Å²) in [6.45, 7) is 6.52. The second-order valence-electron chi connectivity index (χ2n) is 7.64. The minimum atomic E-state index is -3.65. The van der Waals surface area contributed by atoms with Crippen molar-refractivity contribution in [2.24, 2.45) is 11.3 Å². The van der Waals surface area contributed by atoms with Crippen LogP contribution >= 0.6 is 11.6 Å². The fourth-order valence-electron chi connectivity index (χ4n) is 3.49. The van der Waals surface area contributed by atoms with E-state index in [9.17, 15) is 13.2 Å². The average Bonchev–Trinajstić information content (AvgIpc) is 2.46. The van der Waals surface area contributed by atoms with Gasteiger partial charge in [-0.25, -0.2) is 8.42 Å². The molecule has 1 N–H and O–H groups in total.